The third kappa shape index (κ3) is 6.28. The number of hydrogen-bond acceptors (Lipinski definition) is 3. The molecule has 114 valence electrons. The Balaban J connectivity index is 0. The summed E-state index contributed by atoms with van der Waals surface area (Å²) in [5.74, 6) is -0.971. The topological polar surface area (TPSA) is 66.6 Å². The Hall–Kier alpha value is -1.23. The molecule has 0 aliphatic rings. The fourth-order valence-electron chi connectivity index (χ4n) is 1.76. The summed E-state index contributed by atoms with van der Waals surface area (Å²) >= 11 is 0. The van der Waals surface area contributed by atoms with Gasteiger partial charge in [-0.25, -0.2) is 0 Å². The van der Waals surface area contributed by atoms with Gasteiger partial charge >= 0.3 is 5.97 Å². The maximum absolute atomic E-state index is 10.7. The first kappa shape index (κ1) is 21.1. The quantitative estimate of drug-likeness (QED) is 0.757. The van der Waals surface area contributed by atoms with Gasteiger partial charge in [0.2, 0.25) is 0 Å². The fourth-order valence-corrected chi connectivity index (χ4v) is 1.76. The molecule has 0 amide bonds. The molecular weight excluding hydrogens is 299 g/mol. The van der Waals surface area contributed by atoms with E-state index >= 15 is 0 Å². The van der Waals surface area contributed by atoms with Crippen LogP contribution < -0.4 is 10.6 Å². The van der Waals surface area contributed by atoms with Crippen molar-refractivity contribution < 1.29 is 9.90 Å². The summed E-state index contributed by atoms with van der Waals surface area (Å²) in [7, 11) is 0. The molecule has 1 aromatic carbocycles. The first-order valence-corrected chi connectivity index (χ1v) is 6.01. The molecule has 0 bridgehead atoms. The Labute approximate surface area is 132 Å². The van der Waals surface area contributed by atoms with Crippen LogP contribution in [0.25, 0.3) is 0 Å². The zero-order valence-electron chi connectivity index (χ0n) is 11.5. The Kier molecular flexibility index (Phi) is 11.1. The summed E-state index contributed by atoms with van der Waals surface area (Å²) in [5.41, 5.74) is 7.53. The molecule has 20 heavy (non-hydrogen) atoms. The summed E-state index contributed by atoms with van der Waals surface area (Å²) in [6.07, 6.45) is 2.21. The van der Waals surface area contributed by atoms with Crippen LogP contribution in [0, 0.1) is 0 Å². The normalized spacial score (nSPS) is 10.7. The first-order chi connectivity index (χ1) is 8.58. The van der Waals surface area contributed by atoms with Gasteiger partial charge in [-0.05, 0) is 31.0 Å². The SMILES string of the molecule is C=CCN(CC)c1ccc(CC(N)C(=O)O)cc1.Cl.Cl. The third-order valence-corrected chi connectivity index (χ3v) is 2.81. The predicted octanol–water partition coefficient (Wildman–Crippen LogP) is 2.50. The van der Waals surface area contributed by atoms with Gasteiger partial charge in [0.05, 0.1) is 0 Å². The Morgan fingerprint density at radius 1 is 1.40 bits per heavy atom. The van der Waals surface area contributed by atoms with Gasteiger partial charge in [0, 0.05) is 18.8 Å². The molecule has 1 rings (SSSR count). The molecule has 0 heterocycles. The summed E-state index contributed by atoms with van der Waals surface area (Å²) in [4.78, 5) is 12.8. The van der Waals surface area contributed by atoms with Gasteiger partial charge in [-0.15, -0.1) is 31.4 Å². The van der Waals surface area contributed by atoms with Crippen LogP contribution in [0.2, 0.25) is 0 Å². The second-order valence-electron chi connectivity index (χ2n) is 4.14. The van der Waals surface area contributed by atoms with Crippen LogP contribution in [0.3, 0.4) is 0 Å². The minimum atomic E-state index is -0.971. The van der Waals surface area contributed by atoms with E-state index in [9.17, 15) is 4.79 Å². The van der Waals surface area contributed by atoms with Crippen LogP contribution in [0.5, 0.6) is 0 Å². The average molecular weight is 321 g/mol. The number of halogens is 2. The number of nitrogens with two attached hydrogens (primary N) is 1. The molecule has 6 heteroatoms. The molecule has 0 aromatic heterocycles. The number of anilines is 1. The number of carboxylic acid groups (broad SMARTS) is 1. The van der Waals surface area contributed by atoms with Gasteiger partial charge < -0.3 is 15.7 Å². The number of carboxylic acids is 1. The van der Waals surface area contributed by atoms with Gasteiger partial charge in [-0.2, -0.15) is 0 Å². The minimum Gasteiger partial charge on any atom is -0.480 e. The van der Waals surface area contributed by atoms with Crippen LogP contribution in [-0.4, -0.2) is 30.2 Å². The van der Waals surface area contributed by atoms with E-state index in [4.69, 9.17) is 10.8 Å². The molecule has 4 nitrogen and oxygen atoms in total. The van der Waals surface area contributed by atoms with Crippen LogP contribution in [0.1, 0.15) is 12.5 Å². The predicted molar refractivity (Wildman–Crippen MR) is 88.3 cm³/mol. The van der Waals surface area contributed by atoms with E-state index in [0.717, 1.165) is 24.3 Å². The molecule has 1 aromatic rings. The van der Waals surface area contributed by atoms with E-state index < -0.39 is 12.0 Å². The molecule has 0 aliphatic heterocycles. The van der Waals surface area contributed by atoms with Gasteiger partial charge in [0.25, 0.3) is 0 Å². The number of nitrogens with zero attached hydrogens (tertiary/aromatic N) is 1. The summed E-state index contributed by atoms with van der Waals surface area (Å²) in [5, 5.41) is 8.75. The Morgan fingerprint density at radius 3 is 2.35 bits per heavy atom. The lowest BCUT2D eigenvalue weighted by Gasteiger charge is -2.21. The van der Waals surface area contributed by atoms with E-state index in [1.54, 1.807) is 0 Å². The van der Waals surface area contributed by atoms with Gasteiger partial charge in [-0.1, -0.05) is 18.2 Å². The van der Waals surface area contributed by atoms with Crippen molar-refractivity contribution in [2.45, 2.75) is 19.4 Å². The highest BCUT2D eigenvalue weighted by Gasteiger charge is 2.12. The number of likely N-dealkylation sites (N-methyl/N-ethyl adjacent to an activating group) is 1. The Bertz CT molecular complexity index is 410. The van der Waals surface area contributed by atoms with E-state index in [1.807, 2.05) is 30.3 Å². The number of aliphatic carboxylic acids is 1. The fraction of sp³-hybridized carbons (Fsp3) is 0.357. The van der Waals surface area contributed by atoms with Crippen LogP contribution >= 0.6 is 24.8 Å². The molecule has 0 saturated heterocycles. The number of benzene rings is 1. The zero-order chi connectivity index (χ0) is 13.5. The van der Waals surface area contributed by atoms with Crippen molar-refractivity contribution in [3.05, 3.63) is 42.5 Å². The van der Waals surface area contributed by atoms with Crippen molar-refractivity contribution in [1.29, 1.82) is 0 Å². The van der Waals surface area contributed by atoms with E-state index in [2.05, 4.69) is 18.4 Å². The smallest absolute Gasteiger partial charge is 0.320 e. The van der Waals surface area contributed by atoms with Crippen molar-refractivity contribution in [1.82, 2.24) is 0 Å². The molecule has 3 N–H and O–H groups in total. The van der Waals surface area contributed by atoms with Crippen molar-refractivity contribution in [3.8, 4) is 0 Å². The van der Waals surface area contributed by atoms with Crippen molar-refractivity contribution >= 4 is 36.5 Å². The van der Waals surface area contributed by atoms with Crippen LogP contribution in [0.15, 0.2) is 36.9 Å². The molecule has 1 unspecified atom stereocenters. The Morgan fingerprint density at radius 2 is 1.95 bits per heavy atom. The third-order valence-electron chi connectivity index (χ3n) is 2.81. The van der Waals surface area contributed by atoms with Gasteiger partial charge in [0.15, 0.2) is 0 Å². The monoisotopic (exact) mass is 320 g/mol. The molecule has 0 fully saturated rings. The minimum absolute atomic E-state index is 0. The van der Waals surface area contributed by atoms with Crippen molar-refractivity contribution in [3.63, 3.8) is 0 Å². The van der Waals surface area contributed by atoms with E-state index in [0.29, 0.717) is 6.42 Å². The number of rotatable bonds is 7. The highest BCUT2D eigenvalue weighted by molar-refractivity contribution is 5.85. The second kappa shape index (κ2) is 10.5. The summed E-state index contributed by atoms with van der Waals surface area (Å²) in [6, 6.07) is 6.97. The maximum atomic E-state index is 10.7. The number of carbonyl (C=O) groups is 1. The van der Waals surface area contributed by atoms with Crippen molar-refractivity contribution in [2.75, 3.05) is 18.0 Å². The molecule has 0 saturated carbocycles. The lowest BCUT2D eigenvalue weighted by Crippen LogP contribution is -2.32. The molecule has 1 atom stereocenters. The van der Waals surface area contributed by atoms with Gasteiger partial charge in [-0.3, -0.25) is 4.79 Å². The van der Waals surface area contributed by atoms with Crippen molar-refractivity contribution in [2.24, 2.45) is 5.73 Å². The molecule has 0 aliphatic carbocycles. The van der Waals surface area contributed by atoms with Crippen LogP contribution in [0.4, 0.5) is 5.69 Å². The van der Waals surface area contributed by atoms with Gasteiger partial charge in [0.1, 0.15) is 6.04 Å². The highest BCUT2D eigenvalue weighted by Crippen LogP contribution is 2.15. The zero-order valence-corrected chi connectivity index (χ0v) is 13.1. The molecule has 0 radical (unpaired) electrons. The highest BCUT2D eigenvalue weighted by atomic mass is 35.5. The summed E-state index contributed by atoms with van der Waals surface area (Å²) in [6.45, 7) is 7.51. The maximum Gasteiger partial charge on any atom is 0.320 e. The van der Waals surface area contributed by atoms with E-state index in [1.165, 1.54) is 0 Å². The molecular formula is C14H22Cl2N2O2. The lowest BCUT2D eigenvalue weighted by molar-refractivity contribution is -0.138. The average Bonchev–Trinajstić information content (AvgIpc) is 2.37. The first-order valence-electron chi connectivity index (χ1n) is 6.01. The molecule has 0 spiro atoms. The van der Waals surface area contributed by atoms with Crippen LogP contribution in [-0.2, 0) is 11.2 Å². The largest absolute Gasteiger partial charge is 0.480 e. The lowest BCUT2D eigenvalue weighted by atomic mass is 10.1. The van der Waals surface area contributed by atoms with E-state index in [-0.39, 0.29) is 24.8 Å². The summed E-state index contributed by atoms with van der Waals surface area (Å²) < 4.78 is 0. The number of hydrogen-bond donors (Lipinski definition) is 2. The second-order valence-corrected chi connectivity index (χ2v) is 4.14. The standard InChI is InChI=1S/C14H20N2O2.2ClH/c1-3-9-16(4-2)12-7-5-11(6-8-12)10-13(15)14(17)18;;/h3,5-8,13H,1,4,9-10,15H2,2H3,(H,17,18);2*1H.